The summed E-state index contributed by atoms with van der Waals surface area (Å²) < 4.78 is 5.49. The molecule has 0 saturated carbocycles. The molecule has 1 heterocycles. The molecule has 2 atom stereocenters. The van der Waals surface area contributed by atoms with Crippen molar-refractivity contribution in [2.45, 2.75) is 25.6 Å². The van der Waals surface area contributed by atoms with Crippen molar-refractivity contribution in [2.75, 3.05) is 19.8 Å². The van der Waals surface area contributed by atoms with Gasteiger partial charge in [-0.05, 0) is 24.6 Å². The van der Waals surface area contributed by atoms with E-state index in [0.29, 0.717) is 12.6 Å². The highest BCUT2D eigenvalue weighted by molar-refractivity contribution is 5.25. The fraction of sp³-hybridized carbons (Fsp3) is 0.538. The monoisotopic (exact) mass is 237 g/mol. The van der Waals surface area contributed by atoms with Crippen molar-refractivity contribution >= 4 is 0 Å². The zero-order valence-corrected chi connectivity index (χ0v) is 10.0. The largest absolute Gasteiger partial charge is 0.508 e. The van der Waals surface area contributed by atoms with Crippen LogP contribution >= 0.6 is 0 Å². The molecular formula is C13H19NO3. The predicted molar refractivity (Wildman–Crippen MR) is 64.8 cm³/mol. The number of hydrogen-bond donors (Lipinski definition) is 2. The minimum absolute atomic E-state index is 0.0683. The molecule has 2 rings (SSSR count). The van der Waals surface area contributed by atoms with Crippen LogP contribution in [0.1, 0.15) is 12.5 Å². The number of benzene rings is 1. The average molecular weight is 237 g/mol. The number of phenolic OH excluding ortho intramolecular Hbond substituents is 1. The average Bonchev–Trinajstić information content (AvgIpc) is 2.35. The lowest BCUT2D eigenvalue weighted by molar-refractivity contribution is -0.0805. The maximum Gasteiger partial charge on any atom is 0.115 e. The van der Waals surface area contributed by atoms with E-state index >= 15 is 0 Å². The molecule has 1 aliphatic rings. The van der Waals surface area contributed by atoms with Crippen LogP contribution < -0.4 is 0 Å². The van der Waals surface area contributed by atoms with Crippen LogP contribution in [0.3, 0.4) is 0 Å². The third kappa shape index (κ3) is 3.19. The summed E-state index contributed by atoms with van der Waals surface area (Å²) in [5.41, 5.74) is 1.16. The van der Waals surface area contributed by atoms with Crippen molar-refractivity contribution in [2.24, 2.45) is 0 Å². The summed E-state index contributed by atoms with van der Waals surface area (Å²) in [5.74, 6) is 0.289. The van der Waals surface area contributed by atoms with Gasteiger partial charge in [-0.1, -0.05) is 12.1 Å². The Morgan fingerprint density at radius 1 is 1.35 bits per heavy atom. The lowest BCUT2D eigenvalue weighted by Crippen LogP contribution is -2.48. The number of aromatic hydroxyl groups is 1. The first-order valence-corrected chi connectivity index (χ1v) is 5.93. The van der Waals surface area contributed by atoms with Gasteiger partial charge in [-0.3, -0.25) is 4.90 Å². The number of rotatable bonds is 3. The van der Waals surface area contributed by atoms with Crippen LogP contribution in [0.2, 0.25) is 0 Å². The van der Waals surface area contributed by atoms with E-state index < -0.39 is 0 Å². The van der Waals surface area contributed by atoms with Crippen LogP contribution in [0.5, 0.6) is 5.75 Å². The van der Waals surface area contributed by atoms with Gasteiger partial charge in [0, 0.05) is 19.1 Å². The molecule has 17 heavy (non-hydrogen) atoms. The Kier molecular flexibility index (Phi) is 3.99. The second kappa shape index (κ2) is 5.49. The van der Waals surface area contributed by atoms with Crippen LogP contribution in [-0.4, -0.2) is 47.0 Å². The molecule has 1 saturated heterocycles. The SMILES string of the molecule is CC1COC(CO)CN1Cc1ccc(O)cc1. The molecule has 0 aliphatic carbocycles. The molecule has 0 radical (unpaired) electrons. The summed E-state index contributed by atoms with van der Waals surface area (Å²) >= 11 is 0. The van der Waals surface area contributed by atoms with Gasteiger partial charge in [-0.2, -0.15) is 0 Å². The minimum atomic E-state index is -0.0803. The molecular weight excluding hydrogens is 218 g/mol. The number of aliphatic hydroxyl groups is 1. The summed E-state index contributed by atoms with van der Waals surface area (Å²) in [4.78, 5) is 2.29. The topological polar surface area (TPSA) is 52.9 Å². The highest BCUT2D eigenvalue weighted by Crippen LogP contribution is 2.17. The fourth-order valence-corrected chi connectivity index (χ4v) is 2.04. The molecule has 4 nitrogen and oxygen atoms in total. The Morgan fingerprint density at radius 3 is 2.71 bits per heavy atom. The molecule has 1 aromatic rings. The van der Waals surface area contributed by atoms with Gasteiger partial charge in [0.1, 0.15) is 5.75 Å². The molecule has 2 unspecified atom stereocenters. The van der Waals surface area contributed by atoms with Gasteiger partial charge < -0.3 is 14.9 Å². The summed E-state index contributed by atoms with van der Waals surface area (Å²) in [6, 6.07) is 7.59. The third-order valence-electron chi connectivity index (χ3n) is 3.16. The molecule has 2 N–H and O–H groups in total. The summed E-state index contributed by atoms with van der Waals surface area (Å²) in [5, 5.41) is 18.3. The normalized spacial score (nSPS) is 26.0. The molecule has 1 fully saturated rings. The van der Waals surface area contributed by atoms with E-state index in [1.807, 2.05) is 12.1 Å². The molecule has 1 aromatic carbocycles. The molecule has 4 heteroatoms. The zero-order valence-electron chi connectivity index (χ0n) is 10.0. The van der Waals surface area contributed by atoms with Gasteiger partial charge in [0.15, 0.2) is 0 Å². The van der Waals surface area contributed by atoms with Gasteiger partial charge in [-0.15, -0.1) is 0 Å². The summed E-state index contributed by atoms with van der Waals surface area (Å²) in [6.07, 6.45) is -0.0803. The fourth-order valence-electron chi connectivity index (χ4n) is 2.04. The number of morpholine rings is 1. The van der Waals surface area contributed by atoms with Gasteiger partial charge in [0.05, 0.1) is 19.3 Å². The van der Waals surface area contributed by atoms with Crippen molar-refractivity contribution in [3.63, 3.8) is 0 Å². The van der Waals surface area contributed by atoms with Crippen molar-refractivity contribution in [1.29, 1.82) is 0 Å². The first-order valence-electron chi connectivity index (χ1n) is 5.93. The maximum atomic E-state index is 9.23. The van der Waals surface area contributed by atoms with Crippen LogP contribution in [0.15, 0.2) is 24.3 Å². The highest BCUT2D eigenvalue weighted by atomic mass is 16.5. The molecule has 1 aliphatic heterocycles. The van der Waals surface area contributed by atoms with Crippen LogP contribution in [-0.2, 0) is 11.3 Å². The molecule has 0 spiro atoms. The summed E-state index contributed by atoms with van der Waals surface area (Å²) in [6.45, 7) is 4.41. The molecule has 0 aromatic heterocycles. The Labute approximate surface area is 101 Å². The van der Waals surface area contributed by atoms with Crippen molar-refractivity contribution < 1.29 is 14.9 Å². The predicted octanol–water partition coefficient (Wildman–Crippen LogP) is 0.974. The third-order valence-corrected chi connectivity index (χ3v) is 3.16. The van der Waals surface area contributed by atoms with Gasteiger partial charge >= 0.3 is 0 Å². The van der Waals surface area contributed by atoms with Crippen LogP contribution in [0.4, 0.5) is 0 Å². The van der Waals surface area contributed by atoms with Crippen molar-refractivity contribution in [3.8, 4) is 5.75 Å². The zero-order chi connectivity index (χ0) is 12.3. The standard InChI is InChI=1S/C13H19NO3/c1-10-9-17-13(8-15)7-14(10)6-11-2-4-12(16)5-3-11/h2-5,10,13,15-16H,6-9H2,1H3. The van der Waals surface area contributed by atoms with Crippen LogP contribution in [0.25, 0.3) is 0 Å². The van der Waals surface area contributed by atoms with Gasteiger partial charge in [0.2, 0.25) is 0 Å². The Morgan fingerprint density at radius 2 is 2.06 bits per heavy atom. The van der Waals surface area contributed by atoms with Gasteiger partial charge in [-0.25, -0.2) is 0 Å². The second-order valence-corrected chi connectivity index (χ2v) is 4.58. The first-order chi connectivity index (χ1) is 8.19. The van der Waals surface area contributed by atoms with E-state index in [0.717, 1.165) is 18.7 Å². The Hall–Kier alpha value is -1.10. The van der Waals surface area contributed by atoms with E-state index in [-0.39, 0.29) is 18.5 Å². The maximum absolute atomic E-state index is 9.23. The lowest BCUT2D eigenvalue weighted by atomic mass is 10.1. The number of ether oxygens (including phenoxy) is 1. The number of aliphatic hydroxyl groups excluding tert-OH is 1. The Balaban J connectivity index is 1.98. The molecule has 0 bridgehead atoms. The van der Waals surface area contributed by atoms with E-state index in [9.17, 15) is 5.11 Å². The van der Waals surface area contributed by atoms with Crippen molar-refractivity contribution in [3.05, 3.63) is 29.8 Å². The number of nitrogens with zero attached hydrogens (tertiary/aromatic N) is 1. The second-order valence-electron chi connectivity index (χ2n) is 4.58. The molecule has 94 valence electrons. The van der Waals surface area contributed by atoms with Gasteiger partial charge in [0.25, 0.3) is 0 Å². The van der Waals surface area contributed by atoms with E-state index in [4.69, 9.17) is 9.84 Å². The quantitative estimate of drug-likeness (QED) is 0.822. The summed E-state index contributed by atoms with van der Waals surface area (Å²) in [7, 11) is 0. The minimum Gasteiger partial charge on any atom is -0.508 e. The van der Waals surface area contributed by atoms with Crippen LogP contribution in [0, 0.1) is 0 Å². The highest BCUT2D eigenvalue weighted by Gasteiger charge is 2.25. The van der Waals surface area contributed by atoms with Crippen molar-refractivity contribution in [1.82, 2.24) is 4.90 Å². The first kappa shape index (κ1) is 12.4. The molecule has 0 amide bonds. The Bertz CT molecular complexity index is 352. The van der Waals surface area contributed by atoms with E-state index in [1.165, 1.54) is 0 Å². The number of hydrogen-bond acceptors (Lipinski definition) is 4. The smallest absolute Gasteiger partial charge is 0.115 e. The lowest BCUT2D eigenvalue weighted by Gasteiger charge is -2.37. The van der Waals surface area contributed by atoms with E-state index in [2.05, 4.69) is 11.8 Å². The van der Waals surface area contributed by atoms with E-state index in [1.54, 1.807) is 12.1 Å². The number of phenols is 1.